The number of phenols is 1. The van der Waals surface area contributed by atoms with Crippen molar-refractivity contribution in [2.45, 2.75) is 44.3 Å². The van der Waals surface area contributed by atoms with Crippen molar-refractivity contribution >= 4 is 27.5 Å². The summed E-state index contributed by atoms with van der Waals surface area (Å²) in [7, 11) is 1.68. The van der Waals surface area contributed by atoms with E-state index in [1.165, 1.54) is 22.9 Å². The third-order valence-corrected chi connectivity index (χ3v) is 9.51. The molecule has 0 aliphatic carbocycles. The first-order valence-corrected chi connectivity index (χ1v) is 15.2. The number of ether oxygens (including phenoxy) is 1. The van der Waals surface area contributed by atoms with Crippen molar-refractivity contribution in [1.82, 2.24) is 29.9 Å². The molecule has 8 rings (SSSR count). The molecule has 3 saturated heterocycles. The molecule has 0 saturated carbocycles. The highest BCUT2D eigenvalue weighted by Gasteiger charge is 2.49. The Bertz CT molecular complexity index is 2060. The van der Waals surface area contributed by atoms with Crippen LogP contribution in [0.3, 0.4) is 0 Å². The second-order valence-corrected chi connectivity index (χ2v) is 12.4. The van der Waals surface area contributed by atoms with E-state index in [0.717, 1.165) is 25.8 Å². The Morgan fingerprint density at radius 1 is 1.16 bits per heavy atom. The molecule has 0 amide bonds. The van der Waals surface area contributed by atoms with Gasteiger partial charge in [0, 0.05) is 55.2 Å². The predicted octanol–water partition coefficient (Wildman–Crippen LogP) is 4.52. The summed E-state index contributed by atoms with van der Waals surface area (Å²) in [6, 6.07) is 5.90. The van der Waals surface area contributed by atoms with Gasteiger partial charge in [-0.3, -0.25) is 9.58 Å². The molecular formula is C32H31F2N7O4. The van der Waals surface area contributed by atoms with Crippen LogP contribution in [-0.2, 0) is 7.05 Å². The number of aromatic hydroxyl groups is 1. The van der Waals surface area contributed by atoms with Crippen LogP contribution in [0.15, 0.2) is 39.7 Å². The molecule has 1 unspecified atom stereocenters. The number of nitrogens with zero attached hydrogens (tertiary/aromatic N) is 7. The van der Waals surface area contributed by atoms with Crippen LogP contribution in [0.1, 0.15) is 31.2 Å². The Morgan fingerprint density at radius 3 is 2.76 bits per heavy atom. The van der Waals surface area contributed by atoms with Crippen molar-refractivity contribution in [3.05, 3.63) is 52.3 Å². The SMILES string of the molecule is Cc1c(-c2cc(O)cc3ccc(F)c(-c4cn(C)nn4)c23)oc(=O)c2c(N3CCC3)nc(OC[C@@]34CCCN3CC(F)C4)nc12. The molecule has 232 valence electrons. The number of rotatable bonds is 6. The lowest BCUT2D eigenvalue weighted by Gasteiger charge is -2.33. The van der Waals surface area contributed by atoms with Crippen LogP contribution >= 0.6 is 0 Å². The largest absolute Gasteiger partial charge is 0.508 e. The maximum atomic E-state index is 15.5. The first-order chi connectivity index (χ1) is 21.7. The van der Waals surface area contributed by atoms with Crippen LogP contribution in [0.5, 0.6) is 11.8 Å². The molecule has 5 aromatic rings. The maximum Gasteiger partial charge on any atom is 0.349 e. The van der Waals surface area contributed by atoms with E-state index in [-0.39, 0.29) is 40.8 Å². The van der Waals surface area contributed by atoms with Gasteiger partial charge >= 0.3 is 11.6 Å². The highest BCUT2D eigenvalue weighted by atomic mass is 19.1. The van der Waals surface area contributed by atoms with Gasteiger partial charge < -0.3 is 19.2 Å². The Kier molecular flexibility index (Phi) is 6.31. The zero-order chi connectivity index (χ0) is 31.0. The first kappa shape index (κ1) is 27.9. The normalized spacial score (nSPS) is 21.5. The molecule has 1 N–H and O–H groups in total. The zero-order valence-electron chi connectivity index (χ0n) is 24.9. The Hall–Kier alpha value is -4.65. The van der Waals surface area contributed by atoms with E-state index in [1.54, 1.807) is 26.2 Å². The van der Waals surface area contributed by atoms with Gasteiger partial charge in [0.15, 0.2) is 5.82 Å². The quantitative estimate of drug-likeness (QED) is 0.292. The molecule has 2 aromatic carbocycles. The number of halogens is 2. The average molecular weight is 616 g/mol. The average Bonchev–Trinajstić information content (AvgIpc) is 3.66. The summed E-state index contributed by atoms with van der Waals surface area (Å²) in [6.07, 6.45) is 3.86. The summed E-state index contributed by atoms with van der Waals surface area (Å²) >= 11 is 0. The molecule has 3 aliphatic heterocycles. The lowest BCUT2D eigenvalue weighted by molar-refractivity contribution is 0.107. The Morgan fingerprint density at radius 2 is 2.00 bits per heavy atom. The maximum absolute atomic E-state index is 15.5. The fourth-order valence-corrected chi connectivity index (χ4v) is 7.26. The molecule has 45 heavy (non-hydrogen) atoms. The highest BCUT2D eigenvalue weighted by molar-refractivity contribution is 6.07. The number of alkyl halides is 1. The van der Waals surface area contributed by atoms with Crippen LogP contribution in [0, 0.1) is 12.7 Å². The lowest BCUT2D eigenvalue weighted by atomic mass is 9.93. The molecule has 3 fully saturated rings. The van der Waals surface area contributed by atoms with Crippen LogP contribution in [-0.4, -0.2) is 79.5 Å². The summed E-state index contributed by atoms with van der Waals surface area (Å²) in [5, 5.41) is 20.0. The zero-order valence-corrected chi connectivity index (χ0v) is 24.9. The van der Waals surface area contributed by atoms with Crippen LogP contribution in [0.2, 0.25) is 0 Å². The number of phenolic OH excluding ortho intramolecular Hbond substituents is 1. The Labute approximate surface area is 256 Å². The van der Waals surface area contributed by atoms with E-state index in [9.17, 15) is 14.3 Å². The molecule has 2 atom stereocenters. The number of aryl methyl sites for hydroxylation is 2. The summed E-state index contributed by atoms with van der Waals surface area (Å²) < 4.78 is 43.6. The fraction of sp³-hybridized carbons (Fsp3) is 0.406. The van der Waals surface area contributed by atoms with Crippen molar-refractivity contribution in [1.29, 1.82) is 0 Å². The minimum Gasteiger partial charge on any atom is -0.508 e. The van der Waals surface area contributed by atoms with Crippen molar-refractivity contribution in [3.8, 4) is 34.3 Å². The monoisotopic (exact) mass is 615 g/mol. The van der Waals surface area contributed by atoms with Crippen molar-refractivity contribution in [3.63, 3.8) is 0 Å². The Balaban J connectivity index is 1.32. The van der Waals surface area contributed by atoms with E-state index < -0.39 is 23.2 Å². The molecule has 0 radical (unpaired) electrons. The topological polar surface area (TPSA) is 123 Å². The molecule has 11 nitrogen and oxygen atoms in total. The number of fused-ring (bicyclic) bond motifs is 3. The van der Waals surface area contributed by atoms with Gasteiger partial charge in [0.2, 0.25) is 0 Å². The summed E-state index contributed by atoms with van der Waals surface area (Å²) in [5.74, 6) is -0.0868. The third-order valence-electron chi connectivity index (χ3n) is 9.51. The third kappa shape index (κ3) is 4.43. The second kappa shape index (κ2) is 10.2. The number of benzene rings is 2. The predicted molar refractivity (Wildman–Crippen MR) is 163 cm³/mol. The first-order valence-electron chi connectivity index (χ1n) is 15.2. The molecule has 3 aliphatic rings. The molecule has 6 heterocycles. The molecular weight excluding hydrogens is 584 g/mol. The molecule has 0 spiro atoms. The van der Waals surface area contributed by atoms with Crippen molar-refractivity contribution in [2.75, 3.05) is 37.7 Å². The molecule has 3 aromatic heterocycles. The lowest BCUT2D eigenvalue weighted by Crippen LogP contribution is -2.43. The summed E-state index contributed by atoms with van der Waals surface area (Å²) in [5.41, 5.74) is 0.510. The number of hydrogen-bond acceptors (Lipinski definition) is 10. The molecule has 0 bridgehead atoms. The van der Waals surface area contributed by atoms with Gasteiger partial charge in [-0.15, -0.1) is 5.10 Å². The summed E-state index contributed by atoms with van der Waals surface area (Å²) in [6.45, 7) is 4.66. The molecule has 13 heteroatoms. The summed E-state index contributed by atoms with van der Waals surface area (Å²) in [4.78, 5) is 27.3. The highest BCUT2D eigenvalue weighted by Crippen LogP contribution is 2.43. The van der Waals surface area contributed by atoms with E-state index in [4.69, 9.17) is 14.1 Å². The number of anilines is 1. The van der Waals surface area contributed by atoms with Gasteiger partial charge in [0.25, 0.3) is 0 Å². The van der Waals surface area contributed by atoms with Gasteiger partial charge in [0.1, 0.15) is 41.2 Å². The van der Waals surface area contributed by atoms with E-state index in [1.807, 2.05) is 4.90 Å². The van der Waals surface area contributed by atoms with E-state index >= 15 is 4.39 Å². The van der Waals surface area contributed by atoms with Gasteiger partial charge in [-0.1, -0.05) is 11.3 Å². The van der Waals surface area contributed by atoms with Gasteiger partial charge in [0.05, 0.1) is 17.3 Å². The van der Waals surface area contributed by atoms with Gasteiger partial charge in [-0.2, -0.15) is 9.97 Å². The van der Waals surface area contributed by atoms with Crippen LogP contribution in [0.4, 0.5) is 14.6 Å². The standard InChI is InChI=1S/C32H31F2N7O4/c1-17-27-26(29(40-8-4-9-40)36-31(35-27)44-16-32-7-3-10-41(32)14-19(33)13-32)30(43)45-28(17)21-12-20(42)11-18-5-6-22(34)25(24(18)21)23-15-39(2)38-37-23/h5-6,11-12,15,19,42H,3-4,7-10,13-14,16H2,1-2H3/t19?,32-/m0/s1. The van der Waals surface area contributed by atoms with Crippen molar-refractivity contribution < 1.29 is 23.0 Å². The van der Waals surface area contributed by atoms with Crippen molar-refractivity contribution in [2.24, 2.45) is 7.05 Å². The van der Waals surface area contributed by atoms with Gasteiger partial charge in [-0.25, -0.2) is 13.6 Å². The minimum atomic E-state index is -0.897. The van der Waals surface area contributed by atoms with E-state index in [2.05, 4.69) is 20.2 Å². The fourth-order valence-electron chi connectivity index (χ4n) is 7.26. The van der Waals surface area contributed by atoms with E-state index in [0.29, 0.717) is 59.3 Å². The van der Waals surface area contributed by atoms with Gasteiger partial charge in [-0.05, 0) is 56.3 Å². The number of aromatic nitrogens is 5. The van der Waals surface area contributed by atoms with Crippen LogP contribution < -0.4 is 15.3 Å². The number of hydrogen-bond donors (Lipinski definition) is 1. The minimum absolute atomic E-state index is 0.0903. The van der Waals surface area contributed by atoms with Crippen LogP contribution in [0.25, 0.3) is 44.3 Å². The second-order valence-electron chi connectivity index (χ2n) is 12.4. The smallest absolute Gasteiger partial charge is 0.349 e.